The van der Waals surface area contributed by atoms with Crippen LogP contribution in [-0.4, -0.2) is 197 Å². The van der Waals surface area contributed by atoms with Gasteiger partial charge in [-0.25, -0.2) is 42.7 Å². The zero-order valence-electron chi connectivity index (χ0n) is 69.1. The minimum atomic E-state index is -4.40. The molecule has 34 heteroatoms. The maximum Gasteiger partial charge on any atom is 0.415 e. The lowest BCUT2D eigenvalue weighted by Gasteiger charge is -2.37. The lowest BCUT2D eigenvalue weighted by atomic mass is 9.96. The molecule has 5 aliphatic rings. The molecular formula is C90H91F10N13O8S3. The smallest absolute Gasteiger partial charge is 0.375 e. The molecule has 2 unspecified atom stereocenters. The Balaban J connectivity index is 0.000000135. The molecular weight excluding hydrogens is 1680 g/mol. The highest BCUT2D eigenvalue weighted by atomic mass is 32.2. The summed E-state index contributed by atoms with van der Waals surface area (Å²) in [7, 11) is -1.10. The third-order valence-electron chi connectivity index (χ3n) is 22.5. The molecule has 652 valence electrons. The average molecular weight is 1770 g/mol. The highest BCUT2D eigenvalue weighted by molar-refractivity contribution is 7.92. The van der Waals surface area contributed by atoms with Gasteiger partial charge in [0.15, 0.2) is 50.3 Å². The lowest BCUT2D eigenvalue weighted by molar-refractivity contribution is -0.252. The molecule has 17 rings (SSSR count). The molecule has 0 amide bonds. The van der Waals surface area contributed by atoms with Gasteiger partial charge in [0.1, 0.15) is 33.6 Å². The summed E-state index contributed by atoms with van der Waals surface area (Å²) in [6.07, 6.45) is -7.71. The summed E-state index contributed by atoms with van der Waals surface area (Å²) < 4.78 is 168. The van der Waals surface area contributed by atoms with E-state index in [0.717, 1.165) is 110 Å². The Bertz CT molecular complexity index is 5940. The second-order valence-electron chi connectivity index (χ2n) is 32.5. The minimum absolute atomic E-state index is 0.0106. The number of aryl methyl sites for hydroxylation is 2. The van der Waals surface area contributed by atoms with Gasteiger partial charge < -0.3 is 15.2 Å². The number of nitrogens with zero attached hydrogens (tertiary/aromatic N) is 12. The van der Waals surface area contributed by atoms with Crippen LogP contribution in [0.5, 0.6) is 0 Å². The van der Waals surface area contributed by atoms with Crippen LogP contribution in [-0.2, 0) is 52.5 Å². The van der Waals surface area contributed by atoms with Crippen molar-refractivity contribution in [2.45, 2.75) is 149 Å². The first-order valence-electron chi connectivity index (χ1n) is 40.5. The van der Waals surface area contributed by atoms with Crippen LogP contribution in [0.1, 0.15) is 136 Å². The number of hydrogen-bond donors (Lipinski definition) is 1. The normalized spacial score (nSPS) is 20.0. The number of carbonyl (C=O) groups is 4. The summed E-state index contributed by atoms with van der Waals surface area (Å²) in [5, 5.41) is 8.70. The number of ether oxygens (including phenoxy) is 2. The van der Waals surface area contributed by atoms with Crippen LogP contribution in [0.3, 0.4) is 0 Å². The largest absolute Gasteiger partial charge is 0.415 e. The van der Waals surface area contributed by atoms with E-state index < -0.39 is 58.7 Å². The number of nitrogens with two attached hydrogens (primary N) is 1. The second kappa shape index (κ2) is 37.1. The summed E-state index contributed by atoms with van der Waals surface area (Å²) in [6, 6.07) is 35.9. The van der Waals surface area contributed by atoms with Gasteiger partial charge in [-0.2, -0.15) is 44.6 Å². The van der Waals surface area contributed by atoms with Crippen LogP contribution in [0.4, 0.5) is 49.0 Å². The van der Waals surface area contributed by atoms with Crippen LogP contribution in [0, 0.1) is 24.6 Å². The van der Waals surface area contributed by atoms with Gasteiger partial charge >= 0.3 is 18.5 Å². The van der Waals surface area contributed by atoms with Crippen molar-refractivity contribution in [2.24, 2.45) is 18.9 Å². The molecule has 2 N–H and O–H groups in total. The fourth-order valence-corrected chi connectivity index (χ4v) is 19.9. The van der Waals surface area contributed by atoms with Crippen molar-refractivity contribution < 1.29 is 81.0 Å². The Kier molecular flexibility index (Phi) is 26.9. The van der Waals surface area contributed by atoms with Gasteiger partial charge in [-0.05, 0) is 159 Å². The van der Waals surface area contributed by atoms with Crippen molar-refractivity contribution in [3.63, 3.8) is 0 Å². The van der Waals surface area contributed by atoms with Gasteiger partial charge in [0.25, 0.3) is 0 Å². The molecule has 4 aliphatic heterocycles. The number of fused-ring (bicyclic) bond motifs is 4. The van der Waals surface area contributed by atoms with Crippen LogP contribution >= 0.6 is 22.7 Å². The zero-order valence-corrected chi connectivity index (χ0v) is 71.6. The summed E-state index contributed by atoms with van der Waals surface area (Å²) in [5.74, 6) is -1.68. The predicted molar refractivity (Wildman–Crippen MR) is 457 cm³/mol. The number of thiazole rings is 2. The van der Waals surface area contributed by atoms with Crippen molar-refractivity contribution >= 4 is 104 Å². The molecule has 21 nitrogen and oxygen atoms in total. The number of hydrogen-bond acceptors (Lipinski definition) is 22. The van der Waals surface area contributed by atoms with Gasteiger partial charge in [-0.3, -0.25) is 43.5 Å². The van der Waals surface area contributed by atoms with Crippen molar-refractivity contribution in [3.8, 4) is 43.3 Å². The fraction of sp³-hybridized carbons (Fsp3) is 0.389. The molecule has 12 aromatic rings. The maximum atomic E-state index is 13.4. The number of halogens is 10. The lowest BCUT2D eigenvalue weighted by Crippen LogP contribution is -2.51. The molecule has 1 saturated carbocycles. The van der Waals surface area contributed by atoms with Crippen LogP contribution in [0.25, 0.3) is 86.9 Å². The first-order valence-corrected chi connectivity index (χ1v) is 43.9. The predicted octanol–water partition coefficient (Wildman–Crippen LogP) is 18.2. The van der Waals surface area contributed by atoms with Gasteiger partial charge in [0, 0.05) is 168 Å². The molecule has 6 atom stereocenters. The quantitative estimate of drug-likeness (QED) is 0.0656. The van der Waals surface area contributed by atoms with Gasteiger partial charge in [0.05, 0.1) is 62.3 Å². The van der Waals surface area contributed by atoms with Crippen molar-refractivity contribution in [1.29, 1.82) is 0 Å². The summed E-state index contributed by atoms with van der Waals surface area (Å²) in [5.41, 5.74) is 18.3. The van der Waals surface area contributed by atoms with E-state index in [1.54, 1.807) is 77.3 Å². The molecule has 0 bridgehead atoms. The van der Waals surface area contributed by atoms with Gasteiger partial charge in [0.2, 0.25) is 0 Å². The van der Waals surface area contributed by atoms with E-state index in [2.05, 4.69) is 46.0 Å². The van der Waals surface area contributed by atoms with E-state index in [0.29, 0.717) is 116 Å². The van der Waals surface area contributed by atoms with E-state index >= 15 is 0 Å². The molecule has 124 heavy (non-hydrogen) atoms. The van der Waals surface area contributed by atoms with E-state index in [-0.39, 0.29) is 66.0 Å². The number of pyridine rings is 4. The third kappa shape index (κ3) is 22.0. The number of likely N-dealkylation sites (tertiary alicyclic amines) is 1. The Morgan fingerprint density at radius 2 is 0.927 bits per heavy atom. The Hall–Kier alpha value is -10.3. The number of morpholine rings is 2. The molecule has 1 aliphatic carbocycles. The topological polar surface area (TPSA) is 255 Å². The number of rotatable bonds is 17. The standard InChI is InChI=1S/C24H22F4N2O.C23H26N4O3S.C22H22F3N3O2S.C21H21F3N4O2S/c1-15(31)22-12-21(17-5-7-19(25)8-6-17)20-9-4-16(11-23(20)29-22)13-30-10-2-3-18(14-30)24(26,27)28;1-15(28)21-10-20(18-11-24-26(2)13-18)19-6-3-16(9-22(19)25-21)12-27-7-8-31(29,30)23(14-27)17-4-5-17;1-12-9-28(11-20(30-12)22(23,24)25)10-15-4-5-16-17(21-26-8-13(2)31-21)7-18(14(3)29)27-19(16)6-15;1-11-8-28(10-19(30-11)21(22,23)24)9-13-3-4-14-15(18-7-26-20(25)31-18)6-16(12(2)29)27-17(14)5-13/h4-9,11-12,18H,2-3,10,13-14H2,1H3;3,6,9-11,13,17,23H,4-5,7-8,12,14H2,1-2H3;4-8,12,20H,9-11H2,1-3H3;3-7,11,19H,8-10H2,1-2H3,(H2,25,26)/t;;12-,20-;11-,19-/m..11/s1. The van der Waals surface area contributed by atoms with Crippen molar-refractivity contribution in [2.75, 3.05) is 63.8 Å². The highest BCUT2D eigenvalue weighted by Crippen LogP contribution is 2.42. The van der Waals surface area contributed by atoms with Crippen molar-refractivity contribution in [1.82, 2.24) is 59.3 Å². The van der Waals surface area contributed by atoms with E-state index in [9.17, 15) is 71.5 Å². The first kappa shape index (κ1) is 90.0. The zero-order chi connectivity index (χ0) is 88.6. The fourth-order valence-electron chi connectivity index (χ4n) is 16.3. The number of benzene rings is 5. The maximum absolute atomic E-state index is 13.4. The number of sulfone groups is 1. The highest BCUT2D eigenvalue weighted by Gasteiger charge is 2.48. The molecule has 0 radical (unpaired) electrons. The molecule has 11 heterocycles. The SMILES string of the molecule is CC(=O)c1cc(-c2ccc(F)cc2)c2ccc(CN3CCCC(C(F)(F)F)C3)cc2n1.CC(=O)c1cc(-c2cnc(N)s2)c2ccc(CN3C[C@@H](C)O[C@@H](C(F)(F)F)C3)cc2n1.CC(=O)c1cc(-c2cnn(C)c2)c2ccc(CN3CCS(=O)(=O)C(C4CC4)C3)cc2n1.CC(=O)c1cc(-c2ncc(C)s2)c2ccc(CN3C[C@@H](C)O[C@@H](C(F)(F)F)C3)cc2n1. The number of nitrogen functional groups attached to an aromatic ring is 1. The molecule has 5 aromatic carbocycles. The third-order valence-corrected chi connectivity index (χ3v) is 26.5. The monoisotopic (exact) mass is 1770 g/mol. The summed E-state index contributed by atoms with van der Waals surface area (Å²) in [4.78, 5) is 84.1. The summed E-state index contributed by atoms with van der Waals surface area (Å²) >= 11 is 2.84. The number of carbonyl (C=O) groups excluding carboxylic acids is 4. The van der Waals surface area contributed by atoms with Crippen LogP contribution in [0.2, 0.25) is 0 Å². The molecule has 5 fully saturated rings. The van der Waals surface area contributed by atoms with Crippen LogP contribution in [0.15, 0.2) is 146 Å². The number of piperidine rings is 1. The summed E-state index contributed by atoms with van der Waals surface area (Å²) in [6.45, 7) is 15.0. The average Bonchev–Trinajstić information content (AvgIpc) is 1.69. The Morgan fingerprint density at radius 1 is 0.492 bits per heavy atom. The van der Waals surface area contributed by atoms with E-state index in [4.69, 9.17) is 15.2 Å². The minimum Gasteiger partial charge on any atom is -0.375 e. The molecule has 0 spiro atoms. The number of alkyl halides is 9. The Labute approximate surface area is 717 Å². The van der Waals surface area contributed by atoms with Gasteiger partial charge in [-0.1, -0.05) is 72.0 Å². The van der Waals surface area contributed by atoms with Gasteiger partial charge in [-0.15, -0.1) is 11.3 Å². The van der Waals surface area contributed by atoms with E-state index in [1.807, 2.05) is 97.9 Å². The second-order valence-corrected chi connectivity index (χ2v) is 37.2. The number of aromatic nitrogens is 8. The molecule has 4 saturated heterocycles. The number of ketones is 4. The number of anilines is 1. The van der Waals surface area contributed by atoms with E-state index in [1.165, 1.54) is 62.5 Å². The van der Waals surface area contributed by atoms with Crippen molar-refractivity contribution in [3.05, 3.63) is 202 Å². The first-order chi connectivity index (χ1) is 58.7. The Morgan fingerprint density at radius 3 is 1.34 bits per heavy atom. The molecule has 7 aromatic heterocycles. The van der Waals surface area contributed by atoms with Crippen LogP contribution < -0.4 is 5.73 Å². The number of Topliss-reactive ketones (excluding diaryl/α,β-unsaturated/α-hetero) is 4.